The monoisotopic (exact) mass is 353 g/mol. The maximum absolute atomic E-state index is 12.3. The maximum Gasteiger partial charge on any atom is 0.410 e. The molecule has 1 amide bonds. The largest absolute Gasteiger partial charge is 0.465 e. The first kappa shape index (κ1) is 20.7. The first-order chi connectivity index (χ1) is 11.7. The minimum Gasteiger partial charge on any atom is -0.465 e. The van der Waals surface area contributed by atoms with Crippen LogP contribution in [-0.2, 0) is 14.3 Å². The molecule has 1 aliphatic heterocycles. The van der Waals surface area contributed by atoms with Gasteiger partial charge in [-0.2, -0.15) is 10.3 Å². The van der Waals surface area contributed by atoms with E-state index in [0.29, 0.717) is 13.0 Å². The number of piperidine rings is 1. The number of nitrogens with zero attached hydrogens (tertiary/aromatic N) is 3. The lowest BCUT2D eigenvalue weighted by Gasteiger charge is -2.46. The number of nitriles is 1. The third-order valence-electron chi connectivity index (χ3n) is 3.47. The normalized spacial score (nSPS) is 20.8. The zero-order chi connectivity index (χ0) is 18.9. The van der Waals surface area contributed by atoms with Crippen molar-refractivity contribution in [3.05, 3.63) is 0 Å². The molecule has 1 saturated heterocycles. The Labute approximate surface area is 148 Å². The second kappa shape index (κ2) is 9.22. The minimum absolute atomic E-state index is 0.0967. The van der Waals surface area contributed by atoms with Crippen molar-refractivity contribution in [2.45, 2.75) is 58.3 Å². The van der Waals surface area contributed by atoms with Crippen molar-refractivity contribution in [2.24, 2.45) is 4.99 Å². The highest BCUT2D eigenvalue weighted by Gasteiger charge is 2.40. The minimum atomic E-state index is -1.08. The number of ether oxygens (including phenoxy) is 2. The molecule has 1 atom stereocenters. The molecule has 1 aliphatic rings. The van der Waals surface area contributed by atoms with Gasteiger partial charge < -0.3 is 14.4 Å². The van der Waals surface area contributed by atoms with Gasteiger partial charge in [-0.1, -0.05) is 0 Å². The van der Waals surface area contributed by atoms with Crippen molar-refractivity contribution < 1.29 is 19.1 Å². The molecular weight excluding hydrogens is 326 g/mol. The molecule has 0 saturated carbocycles. The summed E-state index contributed by atoms with van der Waals surface area (Å²) in [5.41, 5.74) is -0.660. The summed E-state index contributed by atoms with van der Waals surface area (Å²) in [6.45, 7) is 7.76. The highest BCUT2D eigenvalue weighted by atomic mass is 16.6. The summed E-state index contributed by atoms with van der Waals surface area (Å²) in [5, 5.41) is 14.5. The van der Waals surface area contributed by atoms with Crippen LogP contribution in [0, 0.1) is 11.5 Å². The molecule has 1 fully saturated rings. The molecule has 0 aromatic rings. The molecule has 0 aliphatic carbocycles. The van der Waals surface area contributed by atoms with Crippen molar-refractivity contribution in [3.63, 3.8) is 0 Å². The van der Waals surface area contributed by atoms with Crippen molar-refractivity contribution in [2.75, 3.05) is 19.7 Å². The first-order valence-corrected chi connectivity index (χ1v) is 8.33. The van der Waals surface area contributed by atoms with E-state index in [1.54, 1.807) is 38.8 Å². The molecule has 1 rings (SSSR count). The second-order valence-electron chi connectivity index (χ2n) is 6.64. The number of amides is 1. The van der Waals surface area contributed by atoms with Crippen LogP contribution in [0.5, 0.6) is 0 Å². The molecular formula is C16H27N5O4. The van der Waals surface area contributed by atoms with Crippen LogP contribution in [0.2, 0.25) is 0 Å². The molecule has 140 valence electrons. The molecule has 0 radical (unpaired) electrons. The lowest BCUT2D eigenvalue weighted by Crippen LogP contribution is -2.71. The molecule has 1 unspecified atom stereocenters. The molecule has 0 aromatic carbocycles. The van der Waals surface area contributed by atoms with E-state index in [2.05, 4.69) is 15.6 Å². The fourth-order valence-corrected chi connectivity index (χ4v) is 2.52. The molecule has 9 nitrogen and oxygen atoms in total. The van der Waals surface area contributed by atoms with Crippen LogP contribution >= 0.6 is 0 Å². The van der Waals surface area contributed by atoms with Gasteiger partial charge in [-0.25, -0.2) is 4.79 Å². The fourth-order valence-electron chi connectivity index (χ4n) is 2.52. The Morgan fingerprint density at radius 1 is 1.40 bits per heavy atom. The Balaban J connectivity index is 2.98. The fraction of sp³-hybridized carbons (Fsp3) is 0.750. The Morgan fingerprint density at radius 2 is 2.12 bits per heavy atom. The Kier molecular flexibility index (Phi) is 7.64. The number of likely N-dealkylation sites (tertiary alicyclic amines) is 1. The number of hydrogen-bond acceptors (Lipinski definition) is 7. The Bertz CT molecular complexity index is 538. The van der Waals surface area contributed by atoms with Crippen molar-refractivity contribution in [1.29, 1.82) is 5.26 Å². The number of hydrogen-bond donors (Lipinski definition) is 2. The number of carbonyl (C=O) groups is 2. The van der Waals surface area contributed by atoms with Gasteiger partial charge in [0.05, 0.1) is 13.2 Å². The Morgan fingerprint density at radius 3 is 2.72 bits per heavy atom. The van der Waals surface area contributed by atoms with Gasteiger partial charge in [0.15, 0.2) is 5.79 Å². The third-order valence-corrected chi connectivity index (χ3v) is 3.47. The summed E-state index contributed by atoms with van der Waals surface area (Å²) in [5.74, 6) is -1.51. The molecule has 2 N–H and O–H groups in total. The zero-order valence-corrected chi connectivity index (χ0v) is 15.3. The summed E-state index contributed by atoms with van der Waals surface area (Å²) in [7, 11) is 0. The van der Waals surface area contributed by atoms with Crippen LogP contribution < -0.4 is 10.6 Å². The summed E-state index contributed by atoms with van der Waals surface area (Å²) in [4.78, 5) is 29.3. The smallest absolute Gasteiger partial charge is 0.410 e. The average molecular weight is 353 g/mol. The lowest BCUT2D eigenvalue weighted by atomic mass is 10.0. The molecule has 0 bridgehead atoms. The van der Waals surface area contributed by atoms with Crippen LogP contribution in [-0.4, -0.2) is 54.4 Å². The predicted octanol–water partition coefficient (Wildman–Crippen LogP) is 1.31. The van der Waals surface area contributed by atoms with Gasteiger partial charge >= 0.3 is 12.1 Å². The van der Waals surface area contributed by atoms with Crippen molar-refractivity contribution in [3.8, 4) is 6.19 Å². The van der Waals surface area contributed by atoms with E-state index < -0.39 is 23.5 Å². The van der Waals surface area contributed by atoms with Crippen LogP contribution in [0.1, 0.15) is 47.0 Å². The van der Waals surface area contributed by atoms with Crippen LogP contribution in [0.4, 0.5) is 4.79 Å². The summed E-state index contributed by atoms with van der Waals surface area (Å²) in [6, 6.07) is 0. The number of rotatable bonds is 6. The number of esters is 1. The number of aliphatic imine (C=N–C) groups is 1. The van der Waals surface area contributed by atoms with E-state index in [9.17, 15) is 9.59 Å². The lowest BCUT2D eigenvalue weighted by molar-refractivity contribution is -0.143. The SMILES string of the molecule is CCOC(=O)CNC1(NC(=O)OC(C)(C)C)CCCCN1C=NC#N. The van der Waals surface area contributed by atoms with E-state index in [1.807, 2.05) is 0 Å². The number of nitrogens with one attached hydrogen (secondary N) is 2. The molecule has 1 heterocycles. The van der Waals surface area contributed by atoms with E-state index in [0.717, 1.165) is 12.8 Å². The van der Waals surface area contributed by atoms with E-state index >= 15 is 0 Å². The number of alkyl carbamates (subject to hydrolysis) is 1. The quantitative estimate of drug-likeness (QED) is 0.243. The molecule has 9 heteroatoms. The van der Waals surface area contributed by atoms with E-state index in [4.69, 9.17) is 14.7 Å². The zero-order valence-electron chi connectivity index (χ0n) is 15.3. The molecule has 0 aromatic heterocycles. The van der Waals surface area contributed by atoms with Crippen molar-refractivity contribution in [1.82, 2.24) is 15.5 Å². The van der Waals surface area contributed by atoms with Gasteiger partial charge in [-0.3, -0.25) is 15.4 Å². The van der Waals surface area contributed by atoms with E-state index in [1.165, 1.54) is 6.34 Å². The summed E-state index contributed by atoms with van der Waals surface area (Å²) in [6.07, 6.45) is 4.64. The van der Waals surface area contributed by atoms with Gasteiger partial charge in [0.1, 0.15) is 11.9 Å². The van der Waals surface area contributed by atoms with Gasteiger partial charge in [-0.05, 0) is 40.5 Å². The first-order valence-electron chi connectivity index (χ1n) is 8.33. The molecule has 25 heavy (non-hydrogen) atoms. The highest BCUT2D eigenvalue weighted by molar-refractivity contribution is 5.73. The maximum atomic E-state index is 12.3. The van der Waals surface area contributed by atoms with Gasteiger partial charge in [-0.15, -0.1) is 0 Å². The Hall–Kier alpha value is -2.34. The number of carbonyl (C=O) groups excluding carboxylic acids is 2. The van der Waals surface area contributed by atoms with Gasteiger partial charge in [0.25, 0.3) is 0 Å². The third kappa shape index (κ3) is 6.97. The predicted molar refractivity (Wildman–Crippen MR) is 91.4 cm³/mol. The second-order valence-corrected chi connectivity index (χ2v) is 6.64. The van der Waals surface area contributed by atoms with Crippen LogP contribution in [0.15, 0.2) is 4.99 Å². The molecule has 0 spiro atoms. The van der Waals surface area contributed by atoms with Gasteiger partial charge in [0.2, 0.25) is 6.19 Å². The van der Waals surface area contributed by atoms with E-state index in [-0.39, 0.29) is 13.2 Å². The topological polar surface area (TPSA) is 116 Å². The summed E-state index contributed by atoms with van der Waals surface area (Å²) >= 11 is 0. The average Bonchev–Trinajstić information content (AvgIpc) is 2.50. The van der Waals surface area contributed by atoms with Crippen LogP contribution in [0.25, 0.3) is 0 Å². The van der Waals surface area contributed by atoms with Crippen molar-refractivity contribution >= 4 is 18.4 Å². The van der Waals surface area contributed by atoms with Crippen LogP contribution in [0.3, 0.4) is 0 Å². The standard InChI is InChI=1S/C16H27N5O4/c1-5-24-13(22)10-19-16(20-14(23)25-15(2,3)4)8-6-7-9-21(16)12-18-11-17/h12,19H,5-10H2,1-4H3,(H,20,23). The summed E-state index contributed by atoms with van der Waals surface area (Å²) < 4.78 is 10.3. The highest BCUT2D eigenvalue weighted by Crippen LogP contribution is 2.23. The van der Waals surface area contributed by atoms with Gasteiger partial charge in [0, 0.05) is 13.0 Å².